The molecule has 0 radical (unpaired) electrons. The standard InChI is InChI=1S/C13H25N/c1-3-14(4-2)12-8-11-13(12)9-6-5-7-10-13/h12H,3-11H2,1-2H3. The van der Waals surface area contributed by atoms with Crippen molar-refractivity contribution in [1.82, 2.24) is 4.90 Å². The molecule has 0 aliphatic heterocycles. The van der Waals surface area contributed by atoms with Gasteiger partial charge in [-0.25, -0.2) is 0 Å². The maximum Gasteiger partial charge on any atom is 0.0152 e. The molecule has 0 heterocycles. The van der Waals surface area contributed by atoms with Crippen LogP contribution in [-0.4, -0.2) is 24.0 Å². The molecule has 2 aliphatic rings. The molecule has 0 aromatic rings. The summed E-state index contributed by atoms with van der Waals surface area (Å²) in [6.07, 6.45) is 10.5. The Morgan fingerprint density at radius 1 is 1.00 bits per heavy atom. The monoisotopic (exact) mass is 195 g/mol. The molecule has 0 aromatic carbocycles. The van der Waals surface area contributed by atoms with Crippen LogP contribution in [0, 0.1) is 5.41 Å². The largest absolute Gasteiger partial charge is 0.300 e. The van der Waals surface area contributed by atoms with Crippen molar-refractivity contribution in [2.24, 2.45) is 5.41 Å². The van der Waals surface area contributed by atoms with Crippen molar-refractivity contribution in [3.8, 4) is 0 Å². The van der Waals surface area contributed by atoms with Crippen LogP contribution in [0.5, 0.6) is 0 Å². The van der Waals surface area contributed by atoms with Crippen molar-refractivity contribution in [2.45, 2.75) is 64.8 Å². The lowest BCUT2D eigenvalue weighted by Crippen LogP contribution is -2.55. The van der Waals surface area contributed by atoms with Gasteiger partial charge < -0.3 is 4.90 Å². The van der Waals surface area contributed by atoms with Crippen LogP contribution in [0.3, 0.4) is 0 Å². The lowest BCUT2D eigenvalue weighted by molar-refractivity contribution is -0.0487. The van der Waals surface area contributed by atoms with E-state index in [1.165, 1.54) is 58.0 Å². The molecule has 0 saturated heterocycles. The fourth-order valence-corrected chi connectivity index (χ4v) is 3.76. The highest BCUT2D eigenvalue weighted by atomic mass is 15.2. The van der Waals surface area contributed by atoms with E-state index in [-0.39, 0.29) is 0 Å². The summed E-state index contributed by atoms with van der Waals surface area (Å²) in [5.74, 6) is 0. The molecule has 1 unspecified atom stereocenters. The number of rotatable bonds is 3. The summed E-state index contributed by atoms with van der Waals surface area (Å²) in [5, 5.41) is 0. The smallest absolute Gasteiger partial charge is 0.0152 e. The Labute approximate surface area is 88.9 Å². The Morgan fingerprint density at radius 3 is 2.07 bits per heavy atom. The van der Waals surface area contributed by atoms with Gasteiger partial charge in [0, 0.05) is 6.04 Å². The van der Waals surface area contributed by atoms with Crippen molar-refractivity contribution in [3.05, 3.63) is 0 Å². The highest BCUT2D eigenvalue weighted by molar-refractivity contribution is 5.02. The Balaban J connectivity index is 1.99. The second-order valence-corrected chi connectivity index (χ2v) is 5.20. The first-order valence-corrected chi connectivity index (χ1v) is 6.56. The highest BCUT2D eigenvalue weighted by Crippen LogP contribution is 2.53. The molecule has 1 nitrogen and oxygen atoms in total. The quantitative estimate of drug-likeness (QED) is 0.667. The zero-order chi connectivity index (χ0) is 10.0. The molecular weight excluding hydrogens is 170 g/mol. The topological polar surface area (TPSA) is 3.24 Å². The third-order valence-corrected chi connectivity index (χ3v) is 4.73. The summed E-state index contributed by atoms with van der Waals surface area (Å²) >= 11 is 0. The Kier molecular flexibility index (Phi) is 3.16. The van der Waals surface area contributed by atoms with Crippen LogP contribution in [0.25, 0.3) is 0 Å². The second-order valence-electron chi connectivity index (χ2n) is 5.20. The summed E-state index contributed by atoms with van der Waals surface area (Å²) in [4.78, 5) is 2.70. The van der Waals surface area contributed by atoms with E-state index >= 15 is 0 Å². The molecule has 1 atom stereocenters. The minimum Gasteiger partial charge on any atom is -0.300 e. The summed E-state index contributed by atoms with van der Waals surface area (Å²) < 4.78 is 0. The zero-order valence-electron chi connectivity index (χ0n) is 9.89. The molecule has 14 heavy (non-hydrogen) atoms. The average molecular weight is 195 g/mol. The molecule has 0 amide bonds. The van der Waals surface area contributed by atoms with Crippen LogP contribution in [0.4, 0.5) is 0 Å². The predicted molar refractivity (Wildman–Crippen MR) is 61.5 cm³/mol. The van der Waals surface area contributed by atoms with Crippen molar-refractivity contribution < 1.29 is 0 Å². The molecule has 2 saturated carbocycles. The van der Waals surface area contributed by atoms with Crippen LogP contribution in [0.2, 0.25) is 0 Å². The number of hydrogen-bond acceptors (Lipinski definition) is 1. The van der Waals surface area contributed by atoms with Gasteiger partial charge in [0.1, 0.15) is 0 Å². The molecule has 0 bridgehead atoms. The minimum atomic E-state index is 0.768. The van der Waals surface area contributed by atoms with Gasteiger partial charge >= 0.3 is 0 Å². The van der Waals surface area contributed by atoms with Crippen LogP contribution < -0.4 is 0 Å². The fraction of sp³-hybridized carbons (Fsp3) is 1.00. The van der Waals surface area contributed by atoms with E-state index in [1.54, 1.807) is 0 Å². The molecule has 2 rings (SSSR count). The van der Waals surface area contributed by atoms with Gasteiger partial charge in [0.15, 0.2) is 0 Å². The van der Waals surface area contributed by atoms with Gasteiger partial charge in [0.25, 0.3) is 0 Å². The first-order chi connectivity index (χ1) is 6.82. The summed E-state index contributed by atoms with van der Waals surface area (Å²) in [5.41, 5.74) is 0.768. The van der Waals surface area contributed by atoms with Crippen LogP contribution in [-0.2, 0) is 0 Å². The third kappa shape index (κ3) is 1.60. The maximum absolute atomic E-state index is 2.70. The van der Waals surface area contributed by atoms with Crippen molar-refractivity contribution >= 4 is 0 Å². The van der Waals surface area contributed by atoms with Gasteiger partial charge in [0.05, 0.1) is 0 Å². The Morgan fingerprint density at radius 2 is 1.64 bits per heavy atom. The third-order valence-electron chi connectivity index (χ3n) is 4.73. The van der Waals surface area contributed by atoms with Gasteiger partial charge in [0.2, 0.25) is 0 Å². The summed E-state index contributed by atoms with van der Waals surface area (Å²) in [7, 11) is 0. The summed E-state index contributed by atoms with van der Waals surface area (Å²) in [6.45, 7) is 7.14. The van der Waals surface area contributed by atoms with Crippen LogP contribution in [0.1, 0.15) is 58.8 Å². The summed E-state index contributed by atoms with van der Waals surface area (Å²) in [6, 6.07) is 0.942. The first kappa shape index (κ1) is 10.5. The van der Waals surface area contributed by atoms with Gasteiger partial charge in [-0.15, -0.1) is 0 Å². The van der Waals surface area contributed by atoms with Gasteiger partial charge in [-0.1, -0.05) is 33.1 Å². The molecule has 2 aliphatic carbocycles. The molecule has 0 N–H and O–H groups in total. The molecule has 82 valence electrons. The lowest BCUT2D eigenvalue weighted by Gasteiger charge is -2.56. The van der Waals surface area contributed by atoms with E-state index in [2.05, 4.69) is 18.7 Å². The molecular formula is C13H25N. The van der Waals surface area contributed by atoms with Gasteiger partial charge in [-0.05, 0) is 44.2 Å². The van der Waals surface area contributed by atoms with Crippen LogP contribution >= 0.6 is 0 Å². The van der Waals surface area contributed by atoms with Crippen molar-refractivity contribution in [2.75, 3.05) is 13.1 Å². The lowest BCUT2D eigenvalue weighted by atomic mass is 9.57. The predicted octanol–water partition coefficient (Wildman–Crippen LogP) is 3.44. The van der Waals surface area contributed by atoms with E-state index in [1.807, 2.05) is 0 Å². The van der Waals surface area contributed by atoms with E-state index in [0.29, 0.717) is 0 Å². The molecule has 1 heteroatoms. The molecule has 2 fully saturated rings. The van der Waals surface area contributed by atoms with Gasteiger partial charge in [-0.3, -0.25) is 0 Å². The minimum absolute atomic E-state index is 0.768. The molecule has 0 aromatic heterocycles. The van der Waals surface area contributed by atoms with E-state index in [0.717, 1.165) is 11.5 Å². The van der Waals surface area contributed by atoms with Crippen LogP contribution in [0.15, 0.2) is 0 Å². The molecule has 1 spiro atoms. The van der Waals surface area contributed by atoms with E-state index in [9.17, 15) is 0 Å². The Hall–Kier alpha value is -0.0400. The van der Waals surface area contributed by atoms with Crippen molar-refractivity contribution in [1.29, 1.82) is 0 Å². The zero-order valence-corrected chi connectivity index (χ0v) is 9.89. The fourth-order valence-electron chi connectivity index (χ4n) is 3.76. The highest BCUT2D eigenvalue weighted by Gasteiger charge is 2.48. The van der Waals surface area contributed by atoms with E-state index in [4.69, 9.17) is 0 Å². The first-order valence-electron chi connectivity index (χ1n) is 6.56. The maximum atomic E-state index is 2.70. The number of hydrogen-bond donors (Lipinski definition) is 0. The normalized spacial score (nSPS) is 30.6. The number of nitrogens with zero attached hydrogens (tertiary/aromatic N) is 1. The van der Waals surface area contributed by atoms with Crippen molar-refractivity contribution in [3.63, 3.8) is 0 Å². The Bertz CT molecular complexity index is 178. The SMILES string of the molecule is CCN(CC)C1CCC12CCCCC2. The average Bonchev–Trinajstić information content (AvgIpc) is 2.25. The van der Waals surface area contributed by atoms with E-state index < -0.39 is 0 Å². The second kappa shape index (κ2) is 4.22. The van der Waals surface area contributed by atoms with Gasteiger partial charge in [-0.2, -0.15) is 0 Å².